The SMILES string of the molecule is CCCCCN1C(=O)C(=O)/C(=C(\O)c2ccc(OCC)cc2OCC)C1c1ccc(CC)cc1. The summed E-state index contributed by atoms with van der Waals surface area (Å²) in [4.78, 5) is 27.9. The third-order valence-electron chi connectivity index (χ3n) is 6.07. The molecule has 2 aromatic carbocycles. The van der Waals surface area contributed by atoms with Crippen LogP contribution in [0.15, 0.2) is 48.0 Å². The number of Topliss-reactive ketones (excluding diaryl/α,β-unsaturated/α-hetero) is 1. The van der Waals surface area contributed by atoms with Gasteiger partial charge in [-0.3, -0.25) is 9.59 Å². The fourth-order valence-electron chi connectivity index (χ4n) is 4.30. The van der Waals surface area contributed by atoms with E-state index in [1.165, 1.54) is 0 Å². The Morgan fingerprint density at radius 3 is 2.26 bits per heavy atom. The summed E-state index contributed by atoms with van der Waals surface area (Å²) in [6.45, 7) is 9.23. The Labute approximate surface area is 202 Å². The summed E-state index contributed by atoms with van der Waals surface area (Å²) in [5.41, 5.74) is 2.43. The summed E-state index contributed by atoms with van der Waals surface area (Å²) >= 11 is 0. The topological polar surface area (TPSA) is 76.1 Å². The molecule has 6 heteroatoms. The van der Waals surface area contributed by atoms with E-state index in [1.807, 2.05) is 38.1 Å². The molecule has 1 fully saturated rings. The second kappa shape index (κ2) is 11.7. The largest absolute Gasteiger partial charge is 0.507 e. The van der Waals surface area contributed by atoms with Gasteiger partial charge in [0, 0.05) is 12.6 Å². The molecule has 0 spiro atoms. The molecule has 1 amide bonds. The summed E-state index contributed by atoms with van der Waals surface area (Å²) in [5.74, 6) is -0.467. The van der Waals surface area contributed by atoms with E-state index < -0.39 is 17.7 Å². The number of unbranched alkanes of at least 4 members (excludes halogenated alkanes) is 2. The van der Waals surface area contributed by atoms with Crippen LogP contribution in [-0.2, 0) is 16.0 Å². The normalized spacial score (nSPS) is 17.3. The van der Waals surface area contributed by atoms with E-state index in [0.717, 1.165) is 36.8 Å². The number of hydrogen-bond acceptors (Lipinski definition) is 5. The molecule has 1 saturated heterocycles. The lowest BCUT2D eigenvalue weighted by molar-refractivity contribution is -0.139. The Morgan fingerprint density at radius 2 is 1.65 bits per heavy atom. The first-order valence-electron chi connectivity index (χ1n) is 12.2. The number of benzene rings is 2. The van der Waals surface area contributed by atoms with Crippen LogP contribution in [0.2, 0.25) is 0 Å². The smallest absolute Gasteiger partial charge is 0.295 e. The Bertz CT molecular complexity index is 1040. The first-order chi connectivity index (χ1) is 16.5. The minimum absolute atomic E-state index is 0.0934. The molecule has 0 radical (unpaired) electrons. The molecule has 1 unspecified atom stereocenters. The van der Waals surface area contributed by atoms with Gasteiger partial charge in [-0.05, 0) is 49.9 Å². The molecular formula is C28H35NO5. The van der Waals surface area contributed by atoms with Crippen molar-refractivity contribution < 1.29 is 24.2 Å². The van der Waals surface area contributed by atoms with Crippen molar-refractivity contribution in [2.75, 3.05) is 19.8 Å². The zero-order chi connectivity index (χ0) is 24.7. The maximum Gasteiger partial charge on any atom is 0.295 e. The lowest BCUT2D eigenvalue weighted by Crippen LogP contribution is -2.30. The number of likely N-dealkylation sites (tertiary alicyclic amines) is 1. The van der Waals surface area contributed by atoms with Crippen molar-refractivity contribution in [1.82, 2.24) is 4.90 Å². The third kappa shape index (κ3) is 5.27. The van der Waals surface area contributed by atoms with Gasteiger partial charge >= 0.3 is 0 Å². The van der Waals surface area contributed by atoms with E-state index in [2.05, 4.69) is 13.8 Å². The van der Waals surface area contributed by atoms with Crippen molar-refractivity contribution in [3.63, 3.8) is 0 Å². The Morgan fingerprint density at radius 1 is 0.941 bits per heavy atom. The number of aliphatic hydroxyl groups is 1. The highest BCUT2D eigenvalue weighted by atomic mass is 16.5. The average Bonchev–Trinajstić information content (AvgIpc) is 3.09. The highest BCUT2D eigenvalue weighted by Gasteiger charge is 2.46. The Kier molecular flexibility index (Phi) is 8.74. The third-order valence-corrected chi connectivity index (χ3v) is 6.07. The molecule has 3 rings (SSSR count). The number of ether oxygens (including phenoxy) is 2. The van der Waals surface area contributed by atoms with Gasteiger partial charge in [0.15, 0.2) is 0 Å². The van der Waals surface area contributed by atoms with Gasteiger partial charge in [0.25, 0.3) is 11.7 Å². The predicted octanol–water partition coefficient (Wildman–Crippen LogP) is 5.66. The lowest BCUT2D eigenvalue weighted by Gasteiger charge is -2.25. The van der Waals surface area contributed by atoms with Crippen molar-refractivity contribution in [2.45, 2.75) is 59.4 Å². The fourth-order valence-corrected chi connectivity index (χ4v) is 4.30. The van der Waals surface area contributed by atoms with Gasteiger partial charge in [-0.2, -0.15) is 0 Å². The summed E-state index contributed by atoms with van der Waals surface area (Å²) in [6, 6.07) is 12.3. The summed E-state index contributed by atoms with van der Waals surface area (Å²) in [6.07, 6.45) is 3.64. The quantitative estimate of drug-likeness (QED) is 0.201. The molecule has 1 N–H and O–H groups in total. The van der Waals surface area contributed by atoms with Gasteiger partial charge in [-0.25, -0.2) is 0 Å². The van der Waals surface area contributed by atoms with Crippen LogP contribution in [0, 0.1) is 0 Å². The van der Waals surface area contributed by atoms with Gasteiger partial charge in [-0.15, -0.1) is 0 Å². The molecule has 0 saturated carbocycles. The molecular weight excluding hydrogens is 430 g/mol. The maximum absolute atomic E-state index is 13.2. The molecule has 2 aromatic rings. The summed E-state index contributed by atoms with van der Waals surface area (Å²) < 4.78 is 11.3. The molecule has 1 aliphatic heterocycles. The van der Waals surface area contributed by atoms with E-state index in [0.29, 0.717) is 36.8 Å². The van der Waals surface area contributed by atoms with E-state index in [1.54, 1.807) is 23.1 Å². The van der Waals surface area contributed by atoms with Crippen molar-refractivity contribution in [2.24, 2.45) is 0 Å². The van der Waals surface area contributed by atoms with Crippen LogP contribution < -0.4 is 9.47 Å². The molecule has 1 aliphatic rings. The zero-order valence-electron chi connectivity index (χ0n) is 20.6. The number of ketones is 1. The lowest BCUT2D eigenvalue weighted by atomic mass is 9.94. The molecule has 34 heavy (non-hydrogen) atoms. The summed E-state index contributed by atoms with van der Waals surface area (Å²) in [5, 5.41) is 11.4. The number of carbonyl (C=O) groups excluding carboxylic acids is 2. The standard InChI is InChI=1S/C28H35NO5/c1-5-9-10-17-29-25(20-13-11-19(6-2)12-14-20)24(27(31)28(29)32)26(30)22-16-15-21(33-7-3)18-23(22)34-8-4/h11-16,18,25,30H,5-10,17H2,1-4H3/b26-24-. The molecule has 0 aromatic heterocycles. The first kappa shape index (κ1) is 25.3. The number of rotatable bonds is 11. The van der Waals surface area contributed by atoms with Crippen molar-refractivity contribution in [1.29, 1.82) is 0 Å². The minimum atomic E-state index is -0.671. The molecule has 6 nitrogen and oxygen atoms in total. The van der Waals surface area contributed by atoms with Gasteiger partial charge in [0.1, 0.15) is 17.3 Å². The number of aryl methyl sites for hydroxylation is 1. The molecule has 182 valence electrons. The van der Waals surface area contributed by atoms with Crippen molar-refractivity contribution in [3.05, 3.63) is 64.7 Å². The highest BCUT2D eigenvalue weighted by molar-refractivity contribution is 6.46. The number of aliphatic hydroxyl groups excluding tert-OH is 1. The number of amides is 1. The van der Waals surface area contributed by atoms with Crippen molar-refractivity contribution in [3.8, 4) is 11.5 Å². The van der Waals surface area contributed by atoms with Gasteiger partial charge in [0.2, 0.25) is 0 Å². The van der Waals surface area contributed by atoms with E-state index in [4.69, 9.17) is 9.47 Å². The van der Waals surface area contributed by atoms with Crippen LogP contribution in [0.3, 0.4) is 0 Å². The molecule has 1 atom stereocenters. The second-order valence-corrected chi connectivity index (χ2v) is 8.32. The van der Waals surface area contributed by atoms with Gasteiger partial charge < -0.3 is 19.5 Å². The monoisotopic (exact) mass is 465 g/mol. The zero-order valence-corrected chi connectivity index (χ0v) is 20.6. The van der Waals surface area contributed by atoms with Crippen LogP contribution in [-0.4, -0.2) is 41.5 Å². The minimum Gasteiger partial charge on any atom is -0.507 e. The summed E-state index contributed by atoms with van der Waals surface area (Å²) in [7, 11) is 0. The second-order valence-electron chi connectivity index (χ2n) is 8.32. The number of hydrogen-bond donors (Lipinski definition) is 1. The highest BCUT2D eigenvalue weighted by Crippen LogP contribution is 2.41. The van der Waals surface area contributed by atoms with Crippen LogP contribution in [0.5, 0.6) is 11.5 Å². The molecule has 0 bridgehead atoms. The molecule has 0 aliphatic carbocycles. The Hall–Kier alpha value is -3.28. The van der Waals surface area contributed by atoms with Crippen LogP contribution in [0.1, 0.15) is 69.7 Å². The fraction of sp³-hybridized carbons (Fsp3) is 0.429. The Balaban J connectivity index is 2.15. The predicted molar refractivity (Wildman–Crippen MR) is 133 cm³/mol. The van der Waals surface area contributed by atoms with E-state index in [-0.39, 0.29) is 11.3 Å². The van der Waals surface area contributed by atoms with E-state index in [9.17, 15) is 14.7 Å². The van der Waals surface area contributed by atoms with Gasteiger partial charge in [0.05, 0.1) is 30.4 Å². The number of nitrogens with zero attached hydrogens (tertiary/aromatic N) is 1. The van der Waals surface area contributed by atoms with Crippen molar-refractivity contribution >= 4 is 17.4 Å². The number of carbonyl (C=O) groups is 2. The first-order valence-corrected chi connectivity index (χ1v) is 12.2. The molecule has 1 heterocycles. The van der Waals surface area contributed by atoms with E-state index >= 15 is 0 Å². The van der Waals surface area contributed by atoms with Gasteiger partial charge in [-0.1, -0.05) is 51.0 Å². The average molecular weight is 466 g/mol. The van der Waals surface area contributed by atoms with Crippen LogP contribution >= 0.6 is 0 Å². The van der Waals surface area contributed by atoms with Crippen LogP contribution in [0.25, 0.3) is 5.76 Å². The maximum atomic E-state index is 13.2. The van der Waals surface area contributed by atoms with Crippen LogP contribution in [0.4, 0.5) is 0 Å².